The largest absolute Gasteiger partial charge is 0.453 e. The van der Waals surface area contributed by atoms with E-state index in [0.29, 0.717) is 12.6 Å². The van der Waals surface area contributed by atoms with Crippen LogP contribution in [0, 0.1) is 17.5 Å². The van der Waals surface area contributed by atoms with Crippen LogP contribution in [0.2, 0.25) is 0 Å². The van der Waals surface area contributed by atoms with Gasteiger partial charge in [-0.25, -0.2) is 13.2 Å². The lowest BCUT2D eigenvalue weighted by molar-refractivity contribution is 0.545. The lowest BCUT2D eigenvalue weighted by Crippen LogP contribution is -2.10. The van der Waals surface area contributed by atoms with E-state index >= 15 is 0 Å². The molecule has 0 bridgehead atoms. The van der Waals surface area contributed by atoms with Crippen LogP contribution in [0.25, 0.3) is 22.3 Å². The lowest BCUT2D eigenvalue weighted by Gasteiger charge is -2.12. The van der Waals surface area contributed by atoms with Gasteiger partial charge in [0, 0.05) is 31.3 Å². The number of fused-ring (bicyclic) bond motifs is 1. The predicted octanol–water partition coefficient (Wildman–Crippen LogP) is 5.69. The monoisotopic (exact) mass is 402 g/mol. The third-order valence-electron chi connectivity index (χ3n) is 4.57. The van der Waals surface area contributed by atoms with Gasteiger partial charge in [-0.2, -0.15) is 0 Å². The van der Waals surface area contributed by atoms with Crippen molar-refractivity contribution in [3.05, 3.63) is 70.7 Å². The minimum Gasteiger partial charge on any atom is -0.453 e. The van der Waals surface area contributed by atoms with Gasteiger partial charge in [-0.3, -0.25) is 4.79 Å². The Bertz CT molecular complexity index is 1110. The number of rotatable bonds is 8. The van der Waals surface area contributed by atoms with Crippen molar-refractivity contribution in [3.63, 3.8) is 0 Å². The third-order valence-corrected chi connectivity index (χ3v) is 4.57. The summed E-state index contributed by atoms with van der Waals surface area (Å²) in [5.74, 6) is -2.43. The summed E-state index contributed by atoms with van der Waals surface area (Å²) >= 11 is 0. The van der Waals surface area contributed by atoms with Gasteiger partial charge in [0.15, 0.2) is 16.8 Å². The maximum atomic E-state index is 14.4. The molecule has 0 saturated carbocycles. The molecular weight excluding hydrogens is 381 g/mol. The van der Waals surface area contributed by atoms with Crippen LogP contribution >= 0.6 is 0 Å². The topological polar surface area (TPSA) is 54.3 Å². The number of halogens is 3. The van der Waals surface area contributed by atoms with Gasteiger partial charge in [0.25, 0.3) is 0 Å². The van der Waals surface area contributed by atoms with E-state index in [9.17, 15) is 18.0 Å². The molecule has 0 fully saturated rings. The Labute approximate surface area is 166 Å². The first-order valence-corrected chi connectivity index (χ1v) is 9.24. The molecule has 7 heteroatoms. The molecule has 3 aromatic rings. The summed E-state index contributed by atoms with van der Waals surface area (Å²) in [7, 11) is 1.57. The van der Waals surface area contributed by atoms with Crippen molar-refractivity contribution in [2.45, 2.75) is 19.3 Å². The minimum absolute atomic E-state index is 0.00788. The maximum absolute atomic E-state index is 14.4. The second-order valence-electron chi connectivity index (χ2n) is 6.55. The molecule has 2 N–H and O–H groups in total. The van der Waals surface area contributed by atoms with Gasteiger partial charge in [-0.1, -0.05) is 6.08 Å². The fraction of sp³-hybridized carbons (Fsp3) is 0.227. The van der Waals surface area contributed by atoms with Gasteiger partial charge >= 0.3 is 0 Å². The molecule has 0 aliphatic carbocycles. The second-order valence-corrected chi connectivity index (χ2v) is 6.55. The van der Waals surface area contributed by atoms with Crippen LogP contribution in [0.4, 0.5) is 24.5 Å². The van der Waals surface area contributed by atoms with Crippen molar-refractivity contribution in [2.24, 2.45) is 0 Å². The highest BCUT2D eigenvalue weighted by Gasteiger charge is 2.19. The average molecular weight is 402 g/mol. The molecule has 4 nitrogen and oxygen atoms in total. The third kappa shape index (κ3) is 4.29. The van der Waals surface area contributed by atoms with Gasteiger partial charge in [0.2, 0.25) is 0 Å². The van der Waals surface area contributed by atoms with Crippen LogP contribution in [0.15, 0.2) is 52.2 Å². The summed E-state index contributed by atoms with van der Waals surface area (Å²) in [5.41, 5.74) is -0.555. The van der Waals surface area contributed by atoms with Crippen LogP contribution in [0.3, 0.4) is 0 Å². The zero-order valence-corrected chi connectivity index (χ0v) is 16.0. The van der Waals surface area contributed by atoms with E-state index in [-0.39, 0.29) is 33.7 Å². The Kier molecular flexibility index (Phi) is 6.26. The SMILES string of the molecule is C=CCCCCNc1c(F)cc(F)c2oc(-c3ccc(NC)c(F)c3)cc(=O)c12. The Morgan fingerprint density at radius 1 is 1.07 bits per heavy atom. The van der Waals surface area contributed by atoms with Gasteiger partial charge in [0.1, 0.15) is 17.4 Å². The van der Waals surface area contributed by atoms with Crippen molar-refractivity contribution >= 4 is 22.3 Å². The van der Waals surface area contributed by atoms with E-state index in [2.05, 4.69) is 17.2 Å². The molecule has 0 aliphatic rings. The Morgan fingerprint density at radius 3 is 2.55 bits per heavy atom. The fourth-order valence-corrected chi connectivity index (χ4v) is 3.08. The smallest absolute Gasteiger partial charge is 0.195 e. The number of nitrogens with one attached hydrogen (secondary N) is 2. The zero-order valence-electron chi connectivity index (χ0n) is 16.0. The molecule has 0 saturated heterocycles. The predicted molar refractivity (Wildman–Crippen MR) is 110 cm³/mol. The fourth-order valence-electron chi connectivity index (χ4n) is 3.08. The molecule has 3 rings (SSSR count). The van der Waals surface area contributed by atoms with Crippen LogP contribution < -0.4 is 16.1 Å². The molecular formula is C22H21F3N2O2. The molecule has 0 unspecified atom stereocenters. The van der Waals surface area contributed by atoms with E-state index in [1.807, 2.05) is 0 Å². The minimum atomic E-state index is -0.999. The van der Waals surface area contributed by atoms with Crippen molar-refractivity contribution in [1.82, 2.24) is 0 Å². The quantitative estimate of drug-likeness (QED) is 0.376. The molecule has 1 heterocycles. The summed E-state index contributed by atoms with van der Waals surface area (Å²) in [4.78, 5) is 12.7. The summed E-state index contributed by atoms with van der Waals surface area (Å²) < 4.78 is 48.3. The van der Waals surface area contributed by atoms with Crippen LogP contribution in [0.1, 0.15) is 19.3 Å². The highest BCUT2D eigenvalue weighted by molar-refractivity contribution is 5.91. The normalized spacial score (nSPS) is 10.9. The summed E-state index contributed by atoms with van der Waals surface area (Å²) in [6, 6.07) is 5.98. The summed E-state index contributed by atoms with van der Waals surface area (Å²) in [6.07, 6.45) is 4.19. The molecule has 1 aromatic heterocycles. The van der Waals surface area contributed by atoms with Crippen molar-refractivity contribution in [1.29, 1.82) is 0 Å². The van der Waals surface area contributed by atoms with E-state index in [1.54, 1.807) is 19.2 Å². The van der Waals surface area contributed by atoms with Gasteiger partial charge in [-0.05, 0) is 37.5 Å². The molecule has 29 heavy (non-hydrogen) atoms. The Hall–Kier alpha value is -3.22. The number of hydrogen-bond donors (Lipinski definition) is 2. The van der Waals surface area contributed by atoms with Gasteiger partial charge in [0.05, 0.1) is 16.8 Å². The summed E-state index contributed by atoms with van der Waals surface area (Å²) in [6.45, 7) is 4.04. The highest BCUT2D eigenvalue weighted by atomic mass is 19.1. The number of hydrogen-bond acceptors (Lipinski definition) is 4. The molecule has 0 radical (unpaired) electrons. The number of benzene rings is 2. The van der Waals surface area contributed by atoms with Crippen molar-refractivity contribution < 1.29 is 17.6 Å². The van der Waals surface area contributed by atoms with Crippen LogP contribution in [-0.4, -0.2) is 13.6 Å². The van der Waals surface area contributed by atoms with E-state index in [1.165, 1.54) is 12.1 Å². The van der Waals surface area contributed by atoms with E-state index in [0.717, 1.165) is 25.3 Å². The molecule has 152 valence electrons. The molecule has 0 atom stereocenters. The van der Waals surface area contributed by atoms with Crippen molar-refractivity contribution in [2.75, 3.05) is 24.2 Å². The molecule has 2 aromatic carbocycles. The number of allylic oxidation sites excluding steroid dienone is 1. The zero-order chi connectivity index (χ0) is 21.0. The van der Waals surface area contributed by atoms with Crippen LogP contribution in [0.5, 0.6) is 0 Å². The lowest BCUT2D eigenvalue weighted by atomic mass is 10.1. The van der Waals surface area contributed by atoms with Gasteiger partial charge in [-0.15, -0.1) is 6.58 Å². The Morgan fingerprint density at radius 2 is 1.86 bits per heavy atom. The van der Waals surface area contributed by atoms with Gasteiger partial charge < -0.3 is 15.1 Å². The maximum Gasteiger partial charge on any atom is 0.195 e. The van der Waals surface area contributed by atoms with E-state index < -0.39 is 22.9 Å². The first-order chi connectivity index (χ1) is 14.0. The molecule has 0 aliphatic heterocycles. The first-order valence-electron chi connectivity index (χ1n) is 9.24. The number of unbranched alkanes of at least 4 members (excludes halogenated alkanes) is 2. The average Bonchev–Trinajstić information content (AvgIpc) is 2.70. The second kappa shape index (κ2) is 8.86. The Balaban J connectivity index is 2.04. The highest BCUT2D eigenvalue weighted by Crippen LogP contribution is 2.31. The van der Waals surface area contributed by atoms with E-state index in [4.69, 9.17) is 4.42 Å². The summed E-state index contributed by atoms with van der Waals surface area (Å²) in [5, 5.41) is 5.34. The first kappa shape index (κ1) is 20.5. The molecule has 0 amide bonds. The molecule has 0 spiro atoms. The number of anilines is 2. The van der Waals surface area contributed by atoms with Crippen molar-refractivity contribution in [3.8, 4) is 11.3 Å². The van der Waals surface area contributed by atoms with Crippen LogP contribution in [-0.2, 0) is 0 Å². The standard InChI is InChI=1S/C22H21F3N2O2/c1-3-4-5-6-9-27-21-15(24)11-16(25)22-20(21)18(28)12-19(29-22)13-7-8-17(26-2)14(23)10-13/h3,7-8,10-12,26-27H,1,4-6,9H2,2H3.